The second-order valence-corrected chi connectivity index (χ2v) is 3.02. The van der Waals surface area contributed by atoms with Crippen LogP contribution in [0.2, 0.25) is 0 Å². The van der Waals surface area contributed by atoms with Crippen molar-refractivity contribution in [2.45, 2.75) is 12.5 Å². The van der Waals surface area contributed by atoms with Crippen LogP contribution in [0.5, 0.6) is 0 Å². The molecule has 1 saturated heterocycles. The van der Waals surface area contributed by atoms with Crippen LogP contribution in [0, 0.1) is 0 Å². The number of carbonyl (C=O) groups excluding carboxylic acids is 1. The van der Waals surface area contributed by atoms with Crippen molar-refractivity contribution >= 4 is 5.91 Å². The molecule has 3 N–H and O–H groups in total. The Hall–Kier alpha value is -0.610. The highest BCUT2D eigenvalue weighted by Crippen LogP contribution is 2.02. The summed E-state index contributed by atoms with van der Waals surface area (Å²) in [5, 5.41) is 2.89. The van der Waals surface area contributed by atoms with Gasteiger partial charge in [-0.05, 0) is 7.05 Å². The number of nitrogens with one attached hydrogen (secondary N) is 1. The summed E-state index contributed by atoms with van der Waals surface area (Å²) in [4.78, 5) is 13.1. The number of carbonyl (C=O) groups is 1. The first-order valence-electron chi connectivity index (χ1n) is 3.90. The second-order valence-electron chi connectivity index (χ2n) is 3.02. The average Bonchev–Trinajstić information content (AvgIpc) is 1.85. The van der Waals surface area contributed by atoms with Gasteiger partial charge in [0.1, 0.15) is 0 Å². The van der Waals surface area contributed by atoms with Crippen molar-refractivity contribution in [1.29, 1.82) is 0 Å². The SMILES string of the molecule is CN1CC(NC(=O)CCN)C1. The molecule has 4 heteroatoms. The number of amides is 1. The average molecular weight is 157 g/mol. The summed E-state index contributed by atoms with van der Waals surface area (Å²) in [7, 11) is 2.03. The molecule has 0 unspecified atom stereocenters. The molecule has 11 heavy (non-hydrogen) atoms. The van der Waals surface area contributed by atoms with Crippen LogP contribution in [0.15, 0.2) is 0 Å². The molecule has 0 bridgehead atoms. The molecule has 1 aliphatic heterocycles. The molecule has 0 aromatic heterocycles. The Kier molecular flexibility index (Phi) is 2.84. The summed E-state index contributed by atoms with van der Waals surface area (Å²) in [6.45, 7) is 2.38. The fraction of sp³-hybridized carbons (Fsp3) is 0.857. The lowest BCUT2D eigenvalue weighted by Gasteiger charge is -2.36. The highest BCUT2D eigenvalue weighted by Gasteiger charge is 2.23. The molecular formula is C7H15N3O. The van der Waals surface area contributed by atoms with Crippen LogP contribution in [0.1, 0.15) is 6.42 Å². The first kappa shape index (κ1) is 8.49. The van der Waals surface area contributed by atoms with Crippen molar-refractivity contribution in [2.75, 3.05) is 26.7 Å². The zero-order valence-corrected chi connectivity index (χ0v) is 6.84. The van der Waals surface area contributed by atoms with Crippen LogP contribution in [0.3, 0.4) is 0 Å². The van der Waals surface area contributed by atoms with Crippen LogP contribution >= 0.6 is 0 Å². The molecule has 0 radical (unpaired) electrons. The molecule has 1 heterocycles. The van der Waals surface area contributed by atoms with Gasteiger partial charge in [-0.1, -0.05) is 0 Å². The molecule has 0 aliphatic carbocycles. The number of nitrogens with two attached hydrogens (primary N) is 1. The first-order chi connectivity index (χ1) is 5.22. The lowest BCUT2D eigenvalue weighted by molar-refractivity contribution is -0.122. The topological polar surface area (TPSA) is 58.4 Å². The Morgan fingerprint density at radius 3 is 2.82 bits per heavy atom. The van der Waals surface area contributed by atoms with Gasteiger partial charge in [0.2, 0.25) is 5.91 Å². The molecule has 0 spiro atoms. The van der Waals surface area contributed by atoms with Gasteiger partial charge in [0.25, 0.3) is 0 Å². The van der Waals surface area contributed by atoms with Gasteiger partial charge in [-0.15, -0.1) is 0 Å². The minimum Gasteiger partial charge on any atom is -0.351 e. The summed E-state index contributed by atoms with van der Waals surface area (Å²) in [5.74, 6) is 0.0746. The largest absolute Gasteiger partial charge is 0.351 e. The Labute approximate surface area is 66.7 Å². The van der Waals surface area contributed by atoms with Crippen molar-refractivity contribution in [2.24, 2.45) is 5.73 Å². The minimum atomic E-state index is 0.0746. The van der Waals surface area contributed by atoms with E-state index in [9.17, 15) is 4.79 Å². The lowest BCUT2D eigenvalue weighted by Crippen LogP contribution is -2.57. The van der Waals surface area contributed by atoms with Gasteiger partial charge in [0.05, 0.1) is 6.04 Å². The first-order valence-corrected chi connectivity index (χ1v) is 3.90. The molecule has 0 atom stereocenters. The van der Waals surface area contributed by atoms with Gasteiger partial charge in [-0.25, -0.2) is 0 Å². The third-order valence-corrected chi connectivity index (χ3v) is 1.80. The van der Waals surface area contributed by atoms with Crippen LogP contribution in [-0.4, -0.2) is 43.5 Å². The summed E-state index contributed by atoms with van der Waals surface area (Å²) < 4.78 is 0. The Bertz CT molecular complexity index is 143. The van der Waals surface area contributed by atoms with Gasteiger partial charge >= 0.3 is 0 Å². The maximum atomic E-state index is 10.9. The van der Waals surface area contributed by atoms with Crippen LogP contribution in [0.25, 0.3) is 0 Å². The zero-order chi connectivity index (χ0) is 8.27. The van der Waals surface area contributed by atoms with Crippen molar-refractivity contribution in [1.82, 2.24) is 10.2 Å². The highest BCUT2D eigenvalue weighted by atomic mass is 16.1. The molecule has 1 aliphatic rings. The predicted molar refractivity (Wildman–Crippen MR) is 43.1 cm³/mol. The zero-order valence-electron chi connectivity index (χ0n) is 6.84. The van der Waals surface area contributed by atoms with E-state index < -0.39 is 0 Å². The summed E-state index contributed by atoms with van der Waals surface area (Å²) in [5.41, 5.74) is 5.22. The van der Waals surface area contributed by atoms with Crippen molar-refractivity contribution in [3.63, 3.8) is 0 Å². The predicted octanol–water partition coefficient (Wildman–Crippen LogP) is -1.23. The van der Waals surface area contributed by atoms with Gasteiger partial charge in [0.15, 0.2) is 0 Å². The van der Waals surface area contributed by atoms with Crippen molar-refractivity contribution < 1.29 is 4.79 Å². The van der Waals surface area contributed by atoms with E-state index in [2.05, 4.69) is 10.2 Å². The number of hydrogen-bond donors (Lipinski definition) is 2. The molecule has 0 aromatic rings. The van der Waals surface area contributed by atoms with E-state index in [0.717, 1.165) is 13.1 Å². The third-order valence-electron chi connectivity index (χ3n) is 1.80. The van der Waals surface area contributed by atoms with E-state index >= 15 is 0 Å². The van der Waals surface area contributed by atoms with Gasteiger partial charge in [-0.2, -0.15) is 0 Å². The maximum Gasteiger partial charge on any atom is 0.221 e. The van der Waals surface area contributed by atoms with E-state index in [1.54, 1.807) is 0 Å². The fourth-order valence-electron chi connectivity index (χ4n) is 1.22. The molecule has 1 amide bonds. The maximum absolute atomic E-state index is 10.9. The van der Waals surface area contributed by atoms with Crippen molar-refractivity contribution in [3.05, 3.63) is 0 Å². The van der Waals surface area contributed by atoms with Gasteiger partial charge in [-0.3, -0.25) is 4.79 Å². The van der Waals surface area contributed by atoms with E-state index in [4.69, 9.17) is 5.73 Å². The van der Waals surface area contributed by atoms with E-state index in [1.807, 2.05) is 7.05 Å². The number of hydrogen-bond acceptors (Lipinski definition) is 3. The number of likely N-dealkylation sites (tertiary alicyclic amines) is 1. The number of nitrogens with zero attached hydrogens (tertiary/aromatic N) is 1. The third kappa shape index (κ3) is 2.48. The number of rotatable bonds is 3. The lowest BCUT2D eigenvalue weighted by atomic mass is 10.1. The molecule has 64 valence electrons. The Balaban J connectivity index is 2.07. The standard InChI is InChI=1S/C7H15N3O/c1-10-4-6(5-10)9-7(11)2-3-8/h6H,2-5,8H2,1H3,(H,9,11). The van der Waals surface area contributed by atoms with Crippen LogP contribution in [-0.2, 0) is 4.79 Å². The highest BCUT2D eigenvalue weighted by molar-refractivity contribution is 5.76. The molecule has 0 aromatic carbocycles. The minimum absolute atomic E-state index is 0.0746. The quantitative estimate of drug-likeness (QED) is 0.539. The Morgan fingerprint density at radius 2 is 2.36 bits per heavy atom. The van der Waals surface area contributed by atoms with Gasteiger partial charge < -0.3 is 16.0 Å². The van der Waals surface area contributed by atoms with E-state index in [1.165, 1.54) is 0 Å². The van der Waals surface area contributed by atoms with E-state index in [0.29, 0.717) is 19.0 Å². The van der Waals surface area contributed by atoms with E-state index in [-0.39, 0.29) is 5.91 Å². The monoisotopic (exact) mass is 157 g/mol. The van der Waals surface area contributed by atoms with Gasteiger partial charge in [0, 0.05) is 26.1 Å². The second kappa shape index (κ2) is 3.69. The molecule has 1 rings (SSSR count). The normalized spacial score (nSPS) is 19.5. The van der Waals surface area contributed by atoms with Crippen LogP contribution in [0.4, 0.5) is 0 Å². The summed E-state index contributed by atoms with van der Waals surface area (Å²) >= 11 is 0. The smallest absolute Gasteiger partial charge is 0.221 e. The molecule has 0 saturated carbocycles. The summed E-state index contributed by atoms with van der Waals surface area (Å²) in [6.07, 6.45) is 0.445. The fourth-order valence-corrected chi connectivity index (χ4v) is 1.22. The summed E-state index contributed by atoms with van der Waals surface area (Å²) in [6, 6.07) is 0.360. The van der Waals surface area contributed by atoms with Crippen molar-refractivity contribution in [3.8, 4) is 0 Å². The Morgan fingerprint density at radius 1 is 1.73 bits per heavy atom. The molecule has 4 nitrogen and oxygen atoms in total. The number of likely N-dealkylation sites (N-methyl/N-ethyl adjacent to an activating group) is 1. The molecular weight excluding hydrogens is 142 g/mol. The molecule has 1 fully saturated rings. The van der Waals surface area contributed by atoms with Crippen LogP contribution < -0.4 is 11.1 Å².